The number of nitrogens with two attached hydrogens (primary N) is 1. The predicted molar refractivity (Wildman–Crippen MR) is 44.4 cm³/mol. The van der Waals surface area contributed by atoms with Gasteiger partial charge in [-0.05, 0) is 18.4 Å². The fourth-order valence-electron chi connectivity index (χ4n) is 2.03. The summed E-state index contributed by atoms with van der Waals surface area (Å²) >= 11 is 0. The number of rotatable bonds is 0. The van der Waals surface area contributed by atoms with Crippen LogP contribution in [0, 0.1) is 24.2 Å². The van der Waals surface area contributed by atoms with E-state index in [1.165, 1.54) is 6.42 Å². The molecule has 1 aliphatic rings. The molecular formula is C9H18NY+2. The van der Waals surface area contributed by atoms with Crippen LogP contribution in [-0.2, 0) is 32.7 Å². The summed E-state index contributed by atoms with van der Waals surface area (Å²) in [5.41, 5.74) is 6.29. The summed E-state index contributed by atoms with van der Waals surface area (Å²) in [7, 11) is 0. The summed E-state index contributed by atoms with van der Waals surface area (Å²) in [6, 6.07) is 0.315. The molecule has 1 fully saturated rings. The van der Waals surface area contributed by atoms with Gasteiger partial charge in [0.25, 0.3) is 0 Å². The summed E-state index contributed by atoms with van der Waals surface area (Å²) < 4.78 is 0. The molecule has 0 aliphatic heterocycles. The van der Waals surface area contributed by atoms with Crippen LogP contribution in [-0.4, -0.2) is 6.04 Å². The third-order valence-corrected chi connectivity index (χ3v) is 2.97. The van der Waals surface area contributed by atoms with Gasteiger partial charge in [0.05, 0.1) is 0 Å². The molecule has 0 spiro atoms. The SMILES string of the molecule is [CH2-]C1C(N)C(C)CC1(C)C.[Y+3]. The Bertz CT molecular complexity index is 134. The molecule has 0 saturated heterocycles. The average molecular weight is 229 g/mol. The molecule has 0 aromatic carbocycles. The molecule has 1 saturated carbocycles. The van der Waals surface area contributed by atoms with Gasteiger partial charge in [0.1, 0.15) is 0 Å². The van der Waals surface area contributed by atoms with E-state index in [0.29, 0.717) is 23.3 Å². The van der Waals surface area contributed by atoms with Crippen LogP contribution in [0.4, 0.5) is 0 Å². The average Bonchev–Trinajstić information content (AvgIpc) is 1.95. The van der Waals surface area contributed by atoms with Crippen molar-refractivity contribution in [1.29, 1.82) is 0 Å². The molecule has 3 unspecified atom stereocenters. The van der Waals surface area contributed by atoms with E-state index in [1.807, 2.05) is 0 Å². The fourth-order valence-corrected chi connectivity index (χ4v) is 2.03. The van der Waals surface area contributed by atoms with Crippen molar-refractivity contribution in [2.45, 2.75) is 33.2 Å². The number of hydrogen-bond acceptors (Lipinski definition) is 1. The Balaban J connectivity index is 0.000001000. The second-order valence-corrected chi connectivity index (χ2v) is 4.35. The molecule has 2 N–H and O–H groups in total. The minimum Gasteiger partial charge on any atom is -0.338 e. The predicted octanol–water partition coefficient (Wildman–Crippen LogP) is 1.83. The zero-order valence-electron chi connectivity index (χ0n) is 7.80. The molecule has 0 bridgehead atoms. The van der Waals surface area contributed by atoms with Crippen LogP contribution >= 0.6 is 0 Å². The van der Waals surface area contributed by atoms with Gasteiger partial charge in [-0.3, -0.25) is 0 Å². The van der Waals surface area contributed by atoms with Crippen LogP contribution in [0.2, 0.25) is 0 Å². The van der Waals surface area contributed by atoms with Gasteiger partial charge in [0.2, 0.25) is 0 Å². The van der Waals surface area contributed by atoms with E-state index in [4.69, 9.17) is 5.73 Å². The first-order valence-corrected chi connectivity index (χ1v) is 4.04. The zero-order chi connectivity index (χ0) is 7.94. The maximum absolute atomic E-state index is 5.93. The topological polar surface area (TPSA) is 26.0 Å². The van der Waals surface area contributed by atoms with Gasteiger partial charge in [0.15, 0.2) is 0 Å². The van der Waals surface area contributed by atoms with Crippen LogP contribution in [0.3, 0.4) is 0 Å². The minimum atomic E-state index is 0. The van der Waals surface area contributed by atoms with Crippen molar-refractivity contribution in [1.82, 2.24) is 0 Å². The largest absolute Gasteiger partial charge is 3.00 e. The van der Waals surface area contributed by atoms with Crippen molar-refractivity contribution >= 4 is 0 Å². The maximum Gasteiger partial charge on any atom is 3.00 e. The molecule has 0 radical (unpaired) electrons. The summed E-state index contributed by atoms with van der Waals surface area (Å²) in [4.78, 5) is 0. The van der Waals surface area contributed by atoms with Crippen molar-refractivity contribution < 1.29 is 32.7 Å². The van der Waals surface area contributed by atoms with E-state index in [0.717, 1.165) is 0 Å². The van der Waals surface area contributed by atoms with Gasteiger partial charge < -0.3 is 12.7 Å². The van der Waals surface area contributed by atoms with Crippen molar-refractivity contribution in [2.75, 3.05) is 0 Å². The quantitative estimate of drug-likeness (QED) is 0.630. The van der Waals surface area contributed by atoms with E-state index in [9.17, 15) is 0 Å². The van der Waals surface area contributed by atoms with Gasteiger partial charge in [0, 0.05) is 0 Å². The molecule has 1 nitrogen and oxygen atoms in total. The van der Waals surface area contributed by atoms with E-state index in [-0.39, 0.29) is 32.7 Å². The van der Waals surface area contributed by atoms with Crippen LogP contribution in [0.5, 0.6) is 0 Å². The van der Waals surface area contributed by atoms with E-state index in [2.05, 4.69) is 27.7 Å². The Hall–Kier alpha value is 1.06. The van der Waals surface area contributed by atoms with Crippen molar-refractivity contribution in [2.24, 2.45) is 23.0 Å². The van der Waals surface area contributed by atoms with Gasteiger partial charge >= 0.3 is 32.7 Å². The smallest absolute Gasteiger partial charge is 0.338 e. The molecule has 60 valence electrons. The van der Waals surface area contributed by atoms with E-state index in [1.54, 1.807) is 0 Å². The normalized spacial score (nSPS) is 41.7. The zero-order valence-corrected chi connectivity index (χ0v) is 10.6. The summed E-state index contributed by atoms with van der Waals surface area (Å²) in [6.45, 7) is 10.8. The van der Waals surface area contributed by atoms with Crippen molar-refractivity contribution in [3.05, 3.63) is 6.92 Å². The monoisotopic (exact) mass is 229 g/mol. The van der Waals surface area contributed by atoms with Crippen LogP contribution < -0.4 is 5.73 Å². The Morgan fingerprint density at radius 2 is 1.91 bits per heavy atom. The molecule has 1 rings (SSSR count). The standard InChI is InChI=1S/C9H18N.Y/c1-6-5-9(3,4)7(2)8(6)10;/h6-8H,2,5,10H2,1,3-4H3;/q-1;+3. The molecule has 0 aromatic rings. The number of hydrogen-bond donors (Lipinski definition) is 1. The summed E-state index contributed by atoms with van der Waals surface area (Å²) in [6.07, 6.45) is 1.22. The molecule has 3 atom stereocenters. The van der Waals surface area contributed by atoms with Gasteiger partial charge in [-0.15, -0.1) is 5.92 Å². The first kappa shape index (κ1) is 12.1. The third-order valence-electron chi connectivity index (χ3n) is 2.97. The Morgan fingerprint density at radius 3 is 2.00 bits per heavy atom. The Morgan fingerprint density at radius 1 is 1.45 bits per heavy atom. The fraction of sp³-hybridized carbons (Fsp3) is 0.889. The first-order chi connectivity index (χ1) is 4.45. The first-order valence-electron chi connectivity index (χ1n) is 4.04. The molecule has 11 heavy (non-hydrogen) atoms. The second kappa shape index (κ2) is 3.85. The van der Waals surface area contributed by atoms with Gasteiger partial charge in [-0.2, -0.15) is 0 Å². The minimum absolute atomic E-state index is 0. The van der Waals surface area contributed by atoms with Crippen LogP contribution in [0.25, 0.3) is 0 Å². The molecule has 0 heterocycles. The van der Waals surface area contributed by atoms with Crippen LogP contribution in [0.1, 0.15) is 27.2 Å². The Labute approximate surface area is 95.4 Å². The molecule has 1 aliphatic carbocycles. The summed E-state index contributed by atoms with van der Waals surface area (Å²) in [5.74, 6) is 1.08. The van der Waals surface area contributed by atoms with Gasteiger partial charge in [-0.1, -0.05) is 26.2 Å². The van der Waals surface area contributed by atoms with Crippen LogP contribution in [0.15, 0.2) is 0 Å². The van der Waals surface area contributed by atoms with Crippen molar-refractivity contribution in [3.8, 4) is 0 Å². The van der Waals surface area contributed by atoms with E-state index < -0.39 is 0 Å². The molecule has 2 heteroatoms. The second-order valence-electron chi connectivity index (χ2n) is 4.35. The molecule has 0 aromatic heterocycles. The van der Waals surface area contributed by atoms with Crippen molar-refractivity contribution in [3.63, 3.8) is 0 Å². The summed E-state index contributed by atoms with van der Waals surface area (Å²) in [5, 5.41) is 0. The van der Waals surface area contributed by atoms with E-state index >= 15 is 0 Å². The molecule has 0 amide bonds. The van der Waals surface area contributed by atoms with Gasteiger partial charge in [-0.25, -0.2) is 0 Å². The molecular weight excluding hydrogens is 211 g/mol. The Kier molecular flexibility index (Phi) is 4.22. The third kappa shape index (κ3) is 2.26. The maximum atomic E-state index is 5.93.